The summed E-state index contributed by atoms with van der Waals surface area (Å²) in [6.07, 6.45) is 7.73. The minimum atomic E-state index is 0.754. The molecule has 2 heteroatoms. The lowest BCUT2D eigenvalue weighted by Crippen LogP contribution is -1.68. The van der Waals surface area contributed by atoms with Gasteiger partial charge in [0.25, 0.3) is 0 Å². The van der Waals surface area contributed by atoms with E-state index in [0.29, 0.717) is 0 Å². The van der Waals surface area contributed by atoms with Crippen LogP contribution in [0.4, 0.5) is 0 Å². The van der Waals surface area contributed by atoms with Crippen molar-refractivity contribution in [1.82, 2.24) is 0 Å². The van der Waals surface area contributed by atoms with Gasteiger partial charge in [0.15, 0.2) is 0 Å². The first-order valence-corrected chi connectivity index (χ1v) is 3.59. The molecule has 56 valence electrons. The van der Waals surface area contributed by atoms with Crippen molar-refractivity contribution < 1.29 is 0 Å². The summed E-state index contributed by atoms with van der Waals surface area (Å²) in [5.41, 5.74) is 7.50. The second-order valence-corrected chi connectivity index (χ2v) is 1.96. The van der Waals surface area contributed by atoms with E-state index < -0.39 is 0 Å². The maximum absolute atomic E-state index is 6.75. The molecule has 0 heterocycles. The van der Waals surface area contributed by atoms with Gasteiger partial charge in [0.05, 0.1) is 5.70 Å². The van der Waals surface area contributed by atoms with Gasteiger partial charge in [0.1, 0.15) is 0 Å². The zero-order valence-electron chi connectivity index (χ0n) is 6.59. The van der Waals surface area contributed by atoms with Crippen LogP contribution in [0.5, 0.6) is 0 Å². The third-order valence-corrected chi connectivity index (χ3v) is 1.07. The summed E-state index contributed by atoms with van der Waals surface area (Å²) in [4.78, 5) is 0. The van der Waals surface area contributed by atoms with Crippen molar-refractivity contribution in [2.75, 3.05) is 0 Å². The molecule has 0 spiro atoms. The fourth-order valence-corrected chi connectivity index (χ4v) is 0.599. The molecule has 0 unspecified atom stereocenters. The van der Waals surface area contributed by atoms with Crippen molar-refractivity contribution >= 4 is 0 Å². The van der Waals surface area contributed by atoms with E-state index in [1.807, 2.05) is 25.2 Å². The summed E-state index contributed by atoms with van der Waals surface area (Å²) < 4.78 is 0. The molecule has 0 atom stereocenters. The molecule has 0 saturated heterocycles. The first-order valence-electron chi connectivity index (χ1n) is 3.59. The van der Waals surface area contributed by atoms with Gasteiger partial charge in [-0.25, -0.2) is 5.53 Å². The van der Waals surface area contributed by atoms with Crippen LogP contribution in [0.1, 0.15) is 26.7 Å². The highest BCUT2D eigenvalue weighted by molar-refractivity contribution is 5.15. The van der Waals surface area contributed by atoms with Gasteiger partial charge in [-0.05, 0) is 18.9 Å². The van der Waals surface area contributed by atoms with Crippen molar-refractivity contribution in [3.63, 3.8) is 0 Å². The van der Waals surface area contributed by atoms with Crippen molar-refractivity contribution in [2.45, 2.75) is 26.7 Å². The summed E-state index contributed by atoms with van der Waals surface area (Å²) in [6.45, 7) is 4.09. The molecule has 0 aliphatic rings. The Kier molecular flexibility index (Phi) is 5.63. The van der Waals surface area contributed by atoms with E-state index >= 15 is 0 Å². The average molecular weight is 138 g/mol. The van der Waals surface area contributed by atoms with Crippen LogP contribution in [0.3, 0.4) is 0 Å². The number of allylic oxidation sites excluding steroid dienone is 3. The Morgan fingerprint density at radius 2 is 2.10 bits per heavy atom. The van der Waals surface area contributed by atoms with Crippen molar-refractivity contribution in [1.29, 1.82) is 5.53 Å². The molecular formula is C8H14N2. The lowest BCUT2D eigenvalue weighted by molar-refractivity contribution is 1.06. The molecule has 0 amide bonds. The summed E-state index contributed by atoms with van der Waals surface area (Å²) in [5.74, 6) is 0. The zero-order valence-corrected chi connectivity index (χ0v) is 6.59. The summed E-state index contributed by atoms with van der Waals surface area (Å²) >= 11 is 0. The van der Waals surface area contributed by atoms with E-state index in [-0.39, 0.29) is 0 Å². The monoisotopic (exact) mass is 138 g/mol. The summed E-state index contributed by atoms with van der Waals surface area (Å²) in [5, 5.41) is 3.34. The van der Waals surface area contributed by atoms with Gasteiger partial charge < -0.3 is 0 Å². The molecule has 0 aliphatic heterocycles. The first kappa shape index (κ1) is 9.08. The Hall–Kier alpha value is -0.920. The second kappa shape index (κ2) is 6.20. The Morgan fingerprint density at radius 1 is 1.40 bits per heavy atom. The third-order valence-electron chi connectivity index (χ3n) is 1.07. The standard InChI is InChI=1S/C8H14N2/c1-3-5-7-8(10-9)6-4-2/h5-7,9H,3-4H2,1-2H3/b7-5-,8-6+,10-9?. The number of hydrogen-bond donors (Lipinski definition) is 1. The van der Waals surface area contributed by atoms with Gasteiger partial charge in [-0.3, -0.25) is 0 Å². The number of hydrogen-bond acceptors (Lipinski definition) is 2. The highest BCUT2D eigenvalue weighted by Crippen LogP contribution is 2.00. The van der Waals surface area contributed by atoms with Gasteiger partial charge in [-0.1, -0.05) is 26.0 Å². The highest BCUT2D eigenvalue weighted by Gasteiger charge is 1.82. The Morgan fingerprint density at radius 3 is 2.50 bits per heavy atom. The van der Waals surface area contributed by atoms with Crippen molar-refractivity contribution in [2.24, 2.45) is 5.11 Å². The molecule has 0 rings (SSSR count). The quantitative estimate of drug-likeness (QED) is 0.457. The van der Waals surface area contributed by atoms with Crippen molar-refractivity contribution in [3.05, 3.63) is 23.9 Å². The van der Waals surface area contributed by atoms with E-state index in [2.05, 4.69) is 12.0 Å². The molecule has 0 aromatic heterocycles. The smallest absolute Gasteiger partial charge is 0.0806 e. The van der Waals surface area contributed by atoms with Crippen LogP contribution in [-0.2, 0) is 0 Å². The van der Waals surface area contributed by atoms with Crippen LogP contribution in [0, 0.1) is 5.53 Å². The van der Waals surface area contributed by atoms with Crippen molar-refractivity contribution in [3.8, 4) is 0 Å². The fourth-order valence-electron chi connectivity index (χ4n) is 0.599. The minimum Gasteiger partial charge on any atom is -0.204 e. The normalized spacial score (nSPS) is 12.4. The summed E-state index contributed by atoms with van der Waals surface area (Å²) in [6, 6.07) is 0. The molecule has 10 heavy (non-hydrogen) atoms. The van der Waals surface area contributed by atoms with E-state index in [1.165, 1.54) is 0 Å². The van der Waals surface area contributed by atoms with Gasteiger partial charge in [0, 0.05) is 0 Å². The lowest BCUT2D eigenvalue weighted by atomic mass is 10.3. The Labute approximate surface area is 62.2 Å². The molecule has 1 N–H and O–H groups in total. The van der Waals surface area contributed by atoms with Crippen LogP contribution in [0.2, 0.25) is 0 Å². The lowest BCUT2D eigenvalue weighted by Gasteiger charge is -1.87. The molecule has 0 fully saturated rings. The van der Waals surface area contributed by atoms with Gasteiger partial charge >= 0.3 is 0 Å². The zero-order chi connectivity index (χ0) is 7.82. The predicted molar refractivity (Wildman–Crippen MR) is 43.0 cm³/mol. The van der Waals surface area contributed by atoms with Gasteiger partial charge in [0.2, 0.25) is 0 Å². The average Bonchev–Trinajstić information content (AvgIpc) is 1.98. The Bertz CT molecular complexity index is 145. The number of rotatable bonds is 4. The molecule has 0 aromatic rings. The first-order chi connectivity index (χ1) is 4.85. The van der Waals surface area contributed by atoms with E-state index in [4.69, 9.17) is 5.53 Å². The Balaban J connectivity index is 3.94. The molecule has 0 aliphatic carbocycles. The predicted octanol–water partition coefficient (Wildman–Crippen LogP) is 3.28. The third kappa shape index (κ3) is 4.01. The van der Waals surface area contributed by atoms with Crippen LogP contribution in [0.15, 0.2) is 29.0 Å². The van der Waals surface area contributed by atoms with E-state index in [1.54, 1.807) is 0 Å². The van der Waals surface area contributed by atoms with E-state index in [0.717, 1.165) is 18.5 Å². The largest absolute Gasteiger partial charge is 0.204 e. The van der Waals surface area contributed by atoms with Gasteiger partial charge in [-0.2, -0.15) is 5.11 Å². The van der Waals surface area contributed by atoms with Crippen LogP contribution >= 0.6 is 0 Å². The maximum atomic E-state index is 6.75. The molecular weight excluding hydrogens is 124 g/mol. The van der Waals surface area contributed by atoms with Gasteiger partial charge in [-0.15, -0.1) is 0 Å². The molecule has 0 saturated carbocycles. The van der Waals surface area contributed by atoms with Crippen LogP contribution in [0.25, 0.3) is 0 Å². The fraction of sp³-hybridized carbons (Fsp3) is 0.500. The highest BCUT2D eigenvalue weighted by atomic mass is 15.0. The second-order valence-electron chi connectivity index (χ2n) is 1.96. The van der Waals surface area contributed by atoms with Crippen LogP contribution in [-0.4, -0.2) is 0 Å². The molecule has 0 bridgehead atoms. The number of nitrogens with zero attached hydrogens (tertiary/aromatic N) is 1. The maximum Gasteiger partial charge on any atom is 0.0806 e. The van der Waals surface area contributed by atoms with Crippen LogP contribution < -0.4 is 0 Å². The SMILES string of the molecule is CC/C=C\C(=C/CC)N=N. The molecule has 2 nitrogen and oxygen atoms in total. The number of nitrogens with one attached hydrogen (secondary N) is 1. The summed E-state index contributed by atoms with van der Waals surface area (Å²) in [7, 11) is 0. The topological polar surface area (TPSA) is 36.2 Å². The molecule has 0 aromatic carbocycles. The van der Waals surface area contributed by atoms with E-state index in [9.17, 15) is 0 Å². The minimum absolute atomic E-state index is 0.754. The molecule has 0 radical (unpaired) electrons.